The Morgan fingerprint density at radius 1 is 1.29 bits per heavy atom. The van der Waals surface area contributed by atoms with Crippen molar-refractivity contribution >= 4 is 11.8 Å². The molecule has 1 fully saturated rings. The van der Waals surface area contributed by atoms with Crippen LogP contribution in [0.4, 0.5) is 0 Å². The van der Waals surface area contributed by atoms with E-state index in [2.05, 4.69) is 12.2 Å². The molecule has 1 aliphatic heterocycles. The van der Waals surface area contributed by atoms with E-state index >= 15 is 0 Å². The molecule has 0 saturated carbocycles. The van der Waals surface area contributed by atoms with Crippen molar-refractivity contribution in [2.45, 2.75) is 32.6 Å². The first-order valence-corrected chi connectivity index (χ1v) is 5.32. The number of hydrogen-bond acceptors (Lipinski definition) is 2. The fraction of sp³-hybridized carbons (Fsp3) is 0.800. The monoisotopic (exact) mass is 198 g/mol. The molecular formula is C10H18N2O2. The van der Waals surface area contributed by atoms with Crippen molar-refractivity contribution in [3.8, 4) is 0 Å². The highest BCUT2D eigenvalue weighted by Crippen LogP contribution is 2.06. The maximum Gasteiger partial charge on any atom is 0.311 e. The molecule has 0 aromatic rings. The minimum atomic E-state index is -0.444. The Bertz CT molecular complexity index is 210. The second-order valence-electron chi connectivity index (χ2n) is 3.61. The number of nitrogens with one attached hydrogen (secondary N) is 1. The normalized spacial score (nSPS) is 15.6. The minimum Gasteiger partial charge on any atom is -0.348 e. The third-order valence-corrected chi connectivity index (χ3v) is 2.40. The molecule has 1 aliphatic rings. The van der Waals surface area contributed by atoms with Crippen LogP contribution in [0.1, 0.15) is 32.6 Å². The maximum absolute atomic E-state index is 11.5. The Hall–Kier alpha value is -1.06. The number of carbonyl (C=O) groups is 2. The van der Waals surface area contributed by atoms with E-state index in [-0.39, 0.29) is 5.91 Å². The highest BCUT2D eigenvalue weighted by atomic mass is 16.2. The summed E-state index contributed by atoms with van der Waals surface area (Å²) < 4.78 is 0. The van der Waals surface area contributed by atoms with Crippen LogP contribution < -0.4 is 5.32 Å². The summed E-state index contributed by atoms with van der Waals surface area (Å²) >= 11 is 0. The topological polar surface area (TPSA) is 49.4 Å². The quantitative estimate of drug-likeness (QED) is 0.531. The lowest BCUT2D eigenvalue weighted by Gasteiger charge is -2.14. The summed E-state index contributed by atoms with van der Waals surface area (Å²) in [6, 6.07) is 0. The zero-order valence-corrected chi connectivity index (χ0v) is 8.71. The molecule has 1 heterocycles. The van der Waals surface area contributed by atoms with Crippen molar-refractivity contribution in [2.24, 2.45) is 0 Å². The average Bonchev–Trinajstić information content (AvgIpc) is 2.69. The molecule has 0 radical (unpaired) electrons. The second-order valence-corrected chi connectivity index (χ2v) is 3.61. The standard InChI is InChI=1S/C10H18N2O2/c1-2-3-6-11-9(13)10(14)12-7-4-5-8-12/h2-8H2,1H3,(H,11,13). The summed E-state index contributed by atoms with van der Waals surface area (Å²) in [6.07, 6.45) is 4.00. The van der Waals surface area contributed by atoms with Gasteiger partial charge in [0.05, 0.1) is 0 Å². The number of likely N-dealkylation sites (tertiary alicyclic amines) is 1. The van der Waals surface area contributed by atoms with E-state index in [9.17, 15) is 9.59 Å². The van der Waals surface area contributed by atoms with E-state index in [0.717, 1.165) is 38.8 Å². The van der Waals surface area contributed by atoms with Crippen LogP contribution in [0, 0.1) is 0 Å². The number of hydrogen-bond donors (Lipinski definition) is 1. The van der Waals surface area contributed by atoms with Crippen molar-refractivity contribution in [1.82, 2.24) is 10.2 Å². The van der Waals surface area contributed by atoms with Gasteiger partial charge in [-0.15, -0.1) is 0 Å². The van der Waals surface area contributed by atoms with Crippen molar-refractivity contribution < 1.29 is 9.59 Å². The summed E-state index contributed by atoms with van der Waals surface area (Å²) in [7, 11) is 0. The molecule has 14 heavy (non-hydrogen) atoms. The molecule has 1 rings (SSSR count). The first-order chi connectivity index (χ1) is 6.75. The SMILES string of the molecule is CCCCNC(=O)C(=O)N1CCCC1. The van der Waals surface area contributed by atoms with Gasteiger partial charge in [0.1, 0.15) is 0 Å². The van der Waals surface area contributed by atoms with Gasteiger partial charge in [-0.05, 0) is 19.3 Å². The molecule has 80 valence electrons. The highest BCUT2D eigenvalue weighted by Gasteiger charge is 2.23. The molecule has 4 nitrogen and oxygen atoms in total. The largest absolute Gasteiger partial charge is 0.348 e. The molecule has 0 aromatic carbocycles. The van der Waals surface area contributed by atoms with Gasteiger partial charge in [0.25, 0.3) is 0 Å². The molecule has 4 heteroatoms. The van der Waals surface area contributed by atoms with Gasteiger partial charge in [0.15, 0.2) is 0 Å². The van der Waals surface area contributed by atoms with Crippen molar-refractivity contribution in [3.05, 3.63) is 0 Å². The molecule has 0 unspecified atom stereocenters. The molecule has 0 aliphatic carbocycles. The number of rotatable bonds is 3. The average molecular weight is 198 g/mol. The van der Waals surface area contributed by atoms with Gasteiger partial charge < -0.3 is 10.2 Å². The minimum absolute atomic E-state index is 0.362. The summed E-state index contributed by atoms with van der Waals surface area (Å²) in [6.45, 7) is 4.13. The Morgan fingerprint density at radius 2 is 1.93 bits per heavy atom. The lowest BCUT2D eigenvalue weighted by atomic mass is 10.3. The molecule has 1 saturated heterocycles. The van der Waals surface area contributed by atoms with Gasteiger partial charge in [-0.2, -0.15) is 0 Å². The lowest BCUT2D eigenvalue weighted by Crippen LogP contribution is -2.41. The summed E-state index contributed by atoms with van der Waals surface area (Å²) in [5.74, 6) is -0.807. The molecule has 0 spiro atoms. The van der Waals surface area contributed by atoms with E-state index in [4.69, 9.17) is 0 Å². The van der Waals surface area contributed by atoms with E-state index in [0.29, 0.717) is 6.54 Å². The lowest BCUT2D eigenvalue weighted by molar-refractivity contribution is -0.145. The van der Waals surface area contributed by atoms with Gasteiger partial charge in [-0.3, -0.25) is 9.59 Å². The fourth-order valence-electron chi connectivity index (χ4n) is 1.52. The van der Waals surface area contributed by atoms with Crippen molar-refractivity contribution in [1.29, 1.82) is 0 Å². The van der Waals surface area contributed by atoms with E-state index in [1.54, 1.807) is 4.90 Å². The van der Waals surface area contributed by atoms with Gasteiger partial charge in [0.2, 0.25) is 0 Å². The van der Waals surface area contributed by atoms with E-state index < -0.39 is 5.91 Å². The number of nitrogens with zero attached hydrogens (tertiary/aromatic N) is 1. The Labute approximate surface area is 84.7 Å². The van der Waals surface area contributed by atoms with Gasteiger partial charge in [-0.1, -0.05) is 13.3 Å². The third-order valence-electron chi connectivity index (χ3n) is 2.40. The zero-order valence-electron chi connectivity index (χ0n) is 8.71. The third kappa shape index (κ3) is 3.01. The highest BCUT2D eigenvalue weighted by molar-refractivity contribution is 6.35. The number of amides is 2. The summed E-state index contributed by atoms with van der Waals surface area (Å²) in [5, 5.41) is 2.63. The van der Waals surface area contributed by atoms with E-state index in [1.165, 1.54) is 0 Å². The predicted octanol–water partition coefficient (Wildman–Crippen LogP) is 0.525. The molecule has 0 bridgehead atoms. The second kappa shape index (κ2) is 5.62. The van der Waals surface area contributed by atoms with Crippen LogP contribution in [0.15, 0.2) is 0 Å². The molecule has 0 aromatic heterocycles. The molecule has 1 N–H and O–H groups in total. The van der Waals surface area contributed by atoms with Crippen molar-refractivity contribution in [2.75, 3.05) is 19.6 Å². The maximum atomic E-state index is 11.5. The van der Waals surface area contributed by atoms with Crippen LogP contribution in [0.25, 0.3) is 0 Å². The predicted molar refractivity (Wildman–Crippen MR) is 53.7 cm³/mol. The van der Waals surface area contributed by atoms with Gasteiger partial charge in [0, 0.05) is 19.6 Å². The molecule has 0 atom stereocenters. The molecule has 2 amide bonds. The fourth-order valence-corrected chi connectivity index (χ4v) is 1.52. The zero-order chi connectivity index (χ0) is 10.4. The molecular weight excluding hydrogens is 180 g/mol. The van der Waals surface area contributed by atoms with Crippen LogP contribution in [0.3, 0.4) is 0 Å². The number of carbonyl (C=O) groups excluding carboxylic acids is 2. The first-order valence-electron chi connectivity index (χ1n) is 5.32. The summed E-state index contributed by atoms with van der Waals surface area (Å²) in [4.78, 5) is 24.4. The van der Waals surface area contributed by atoms with Crippen LogP contribution >= 0.6 is 0 Å². The summed E-state index contributed by atoms with van der Waals surface area (Å²) in [5.41, 5.74) is 0. The van der Waals surface area contributed by atoms with E-state index in [1.807, 2.05) is 0 Å². The first kappa shape index (κ1) is 11.0. The number of unbranched alkanes of at least 4 members (excludes halogenated alkanes) is 1. The van der Waals surface area contributed by atoms with Crippen LogP contribution in [0.5, 0.6) is 0 Å². The Kier molecular flexibility index (Phi) is 4.43. The Balaban J connectivity index is 2.25. The van der Waals surface area contributed by atoms with Gasteiger partial charge in [-0.25, -0.2) is 0 Å². The van der Waals surface area contributed by atoms with Crippen molar-refractivity contribution in [3.63, 3.8) is 0 Å². The van der Waals surface area contributed by atoms with Gasteiger partial charge >= 0.3 is 11.8 Å². The van der Waals surface area contributed by atoms with Crippen LogP contribution in [-0.2, 0) is 9.59 Å². The smallest absolute Gasteiger partial charge is 0.311 e. The van der Waals surface area contributed by atoms with Crippen LogP contribution in [0.2, 0.25) is 0 Å². The van der Waals surface area contributed by atoms with Crippen LogP contribution in [-0.4, -0.2) is 36.3 Å². The Morgan fingerprint density at radius 3 is 2.50 bits per heavy atom.